The van der Waals surface area contributed by atoms with Crippen LogP contribution in [0.1, 0.15) is 6.92 Å². The van der Waals surface area contributed by atoms with Gasteiger partial charge < -0.3 is 14.8 Å². The summed E-state index contributed by atoms with van der Waals surface area (Å²) < 4.78 is 10.3. The fourth-order valence-corrected chi connectivity index (χ4v) is 2.56. The molecule has 0 fully saturated rings. The molecule has 0 atom stereocenters. The van der Waals surface area contributed by atoms with Crippen LogP contribution in [0, 0.1) is 0 Å². The van der Waals surface area contributed by atoms with E-state index < -0.39 is 5.97 Å². The number of ether oxygens (including phenoxy) is 2. The Hall–Kier alpha value is -2.47. The fourth-order valence-electron chi connectivity index (χ4n) is 1.84. The van der Waals surface area contributed by atoms with Gasteiger partial charge in [-0.05, 0) is 43.3 Å². The van der Waals surface area contributed by atoms with Crippen molar-refractivity contribution in [3.05, 3.63) is 54.6 Å². The number of esters is 1. The maximum atomic E-state index is 11.8. The van der Waals surface area contributed by atoms with Crippen molar-refractivity contribution >= 4 is 29.3 Å². The molecule has 5 nitrogen and oxygen atoms in total. The molecular weight excluding hydrogens is 326 g/mol. The largest absolute Gasteiger partial charge is 0.494 e. The molecule has 2 aromatic rings. The molecule has 0 bridgehead atoms. The number of hydrogen-bond donors (Lipinski definition) is 1. The predicted octanol–water partition coefficient (Wildman–Crippen LogP) is 3.36. The van der Waals surface area contributed by atoms with E-state index in [2.05, 4.69) is 5.32 Å². The van der Waals surface area contributed by atoms with Crippen molar-refractivity contribution in [2.24, 2.45) is 0 Å². The Bertz CT molecular complexity index is 658. The van der Waals surface area contributed by atoms with Gasteiger partial charge in [-0.25, -0.2) is 0 Å². The number of thioether (sulfide) groups is 1. The number of amides is 1. The number of carbonyl (C=O) groups is 2. The van der Waals surface area contributed by atoms with E-state index in [9.17, 15) is 9.59 Å². The first kappa shape index (κ1) is 17.9. The molecule has 0 unspecified atom stereocenters. The molecule has 0 radical (unpaired) electrons. The summed E-state index contributed by atoms with van der Waals surface area (Å²) >= 11 is 1.37. The lowest BCUT2D eigenvalue weighted by Gasteiger charge is -2.08. The van der Waals surface area contributed by atoms with Crippen molar-refractivity contribution in [1.82, 2.24) is 0 Å². The first-order chi connectivity index (χ1) is 11.7. The molecule has 0 aliphatic rings. The highest BCUT2D eigenvalue weighted by atomic mass is 32.2. The van der Waals surface area contributed by atoms with Gasteiger partial charge in [-0.2, -0.15) is 0 Å². The first-order valence-electron chi connectivity index (χ1n) is 7.53. The number of benzene rings is 2. The Morgan fingerprint density at radius 3 is 2.42 bits per heavy atom. The molecule has 0 saturated heterocycles. The van der Waals surface area contributed by atoms with Crippen LogP contribution >= 0.6 is 11.8 Å². The SMILES string of the molecule is CCOc1ccc(NC(=O)COC(=O)CSc2ccccc2)cc1. The maximum Gasteiger partial charge on any atom is 0.316 e. The van der Waals surface area contributed by atoms with Crippen LogP contribution in [0.5, 0.6) is 5.75 Å². The molecule has 6 heteroatoms. The van der Waals surface area contributed by atoms with E-state index in [1.807, 2.05) is 37.3 Å². The van der Waals surface area contributed by atoms with Crippen molar-refractivity contribution in [3.63, 3.8) is 0 Å². The number of carbonyl (C=O) groups excluding carboxylic acids is 2. The van der Waals surface area contributed by atoms with Crippen LogP contribution in [0.2, 0.25) is 0 Å². The zero-order valence-corrected chi connectivity index (χ0v) is 14.2. The van der Waals surface area contributed by atoms with Gasteiger partial charge >= 0.3 is 5.97 Å². The normalized spacial score (nSPS) is 10.0. The van der Waals surface area contributed by atoms with Crippen LogP contribution in [0.4, 0.5) is 5.69 Å². The third-order valence-corrected chi connectivity index (χ3v) is 3.90. The molecule has 0 heterocycles. The van der Waals surface area contributed by atoms with Gasteiger partial charge in [0, 0.05) is 10.6 Å². The summed E-state index contributed by atoms with van der Waals surface area (Å²) in [6, 6.07) is 16.5. The van der Waals surface area contributed by atoms with Crippen LogP contribution in [0.3, 0.4) is 0 Å². The molecule has 0 aliphatic carbocycles. The smallest absolute Gasteiger partial charge is 0.316 e. The topological polar surface area (TPSA) is 64.6 Å². The van der Waals surface area contributed by atoms with Crippen molar-refractivity contribution < 1.29 is 19.1 Å². The Morgan fingerprint density at radius 2 is 1.75 bits per heavy atom. The van der Waals surface area contributed by atoms with Gasteiger partial charge in [0.25, 0.3) is 5.91 Å². The van der Waals surface area contributed by atoms with Crippen LogP contribution in [0.25, 0.3) is 0 Å². The van der Waals surface area contributed by atoms with Gasteiger partial charge in [0.05, 0.1) is 12.4 Å². The van der Waals surface area contributed by atoms with Crippen LogP contribution in [-0.2, 0) is 14.3 Å². The monoisotopic (exact) mass is 345 g/mol. The summed E-state index contributed by atoms with van der Waals surface area (Å²) in [6.07, 6.45) is 0. The van der Waals surface area contributed by atoms with E-state index >= 15 is 0 Å². The highest BCUT2D eigenvalue weighted by molar-refractivity contribution is 8.00. The second-order valence-electron chi connectivity index (χ2n) is 4.77. The van der Waals surface area contributed by atoms with Gasteiger partial charge in [-0.3, -0.25) is 9.59 Å². The third-order valence-electron chi connectivity index (χ3n) is 2.91. The minimum Gasteiger partial charge on any atom is -0.494 e. The summed E-state index contributed by atoms with van der Waals surface area (Å²) in [5, 5.41) is 2.66. The Balaban J connectivity index is 1.69. The van der Waals surface area contributed by atoms with Gasteiger partial charge in [-0.15, -0.1) is 11.8 Å². The Labute approximate surface area is 145 Å². The second-order valence-corrected chi connectivity index (χ2v) is 5.82. The van der Waals surface area contributed by atoms with Crippen molar-refractivity contribution in [2.45, 2.75) is 11.8 Å². The average Bonchev–Trinajstić information content (AvgIpc) is 2.61. The quantitative estimate of drug-likeness (QED) is 0.587. The van der Waals surface area contributed by atoms with E-state index in [1.54, 1.807) is 24.3 Å². The fraction of sp³-hybridized carbons (Fsp3) is 0.222. The summed E-state index contributed by atoms with van der Waals surface area (Å²) in [4.78, 5) is 24.4. The molecule has 2 rings (SSSR count). The van der Waals surface area contributed by atoms with Crippen molar-refractivity contribution in [2.75, 3.05) is 24.3 Å². The van der Waals surface area contributed by atoms with Crippen molar-refractivity contribution in [3.8, 4) is 5.75 Å². The highest BCUT2D eigenvalue weighted by Gasteiger charge is 2.08. The van der Waals surface area contributed by atoms with Gasteiger partial charge in [0.15, 0.2) is 6.61 Å². The number of anilines is 1. The number of hydrogen-bond acceptors (Lipinski definition) is 5. The minimum absolute atomic E-state index is 0.167. The highest BCUT2D eigenvalue weighted by Crippen LogP contribution is 2.17. The van der Waals surface area contributed by atoms with E-state index in [4.69, 9.17) is 9.47 Å². The molecule has 0 aromatic heterocycles. The lowest BCUT2D eigenvalue weighted by atomic mass is 10.3. The summed E-state index contributed by atoms with van der Waals surface area (Å²) in [7, 11) is 0. The van der Waals surface area contributed by atoms with E-state index in [0.29, 0.717) is 12.3 Å². The molecule has 0 spiro atoms. The number of nitrogens with one attached hydrogen (secondary N) is 1. The number of rotatable bonds is 8. The molecular formula is C18H19NO4S. The minimum atomic E-state index is -0.425. The average molecular weight is 345 g/mol. The third kappa shape index (κ3) is 6.34. The van der Waals surface area contributed by atoms with E-state index in [0.717, 1.165) is 10.6 Å². The summed E-state index contributed by atoms with van der Waals surface area (Å²) in [5.74, 6) is 0.100. The molecule has 1 N–H and O–H groups in total. The molecule has 2 aromatic carbocycles. The second kappa shape index (κ2) is 9.62. The Kier molecular flexibility index (Phi) is 7.17. The van der Waals surface area contributed by atoms with Crippen LogP contribution in [-0.4, -0.2) is 30.8 Å². The standard InChI is InChI=1S/C18H19NO4S/c1-2-22-15-10-8-14(9-11-15)19-17(20)12-23-18(21)13-24-16-6-4-3-5-7-16/h3-11H,2,12-13H2,1H3,(H,19,20). The molecule has 126 valence electrons. The van der Waals surface area contributed by atoms with Crippen LogP contribution < -0.4 is 10.1 Å². The molecule has 1 amide bonds. The predicted molar refractivity (Wildman–Crippen MR) is 94.4 cm³/mol. The lowest BCUT2D eigenvalue weighted by molar-refractivity contribution is -0.144. The van der Waals surface area contributed by atoms with Crippen molar-refractivity contribution in [1.29, 1.82) is 0 Å². The van der Waals surface area contributed by atoms with Crippen LogP contribution in [0.15, 0.2) is 59.5 Å². The van der Waals surface area contributed by atoms with Gasteiger partial charge in [0.2, 0.25) is 0 Å². The molecule has 24 heavy (non-hydrogen) atoms. The summed E-state index contributed by atoms with van der Waals surface area (Å²) in [5.41, 5.74) is 0.623. The van der Waals surface area contributed by atoms with Gasteiger partial charge in [0.1, 0.15) is 5.75 Å². The van der Waals surface area contributed by atoms with Gasteiger partial charge in [-0.1, -0.05) is 18.2 Å². The first-order valence-corrected chi connectivity index (χ1v) is 8.52. The summed E-state index contributed by atoms with van der Waals surface area (Å²) in [6.45, 7) is 2.18. The van der Waals surface area contributed by atoms with E-state index in [1.165, 1.54) is 11.8 Å². The maximum absolute atomic E-state index is 11.8. The molecule has 0 saturated carbocycles. The zero-order chi connectivity index (χ0) is 17.2. The molecule has 0 aliphatic heterocycles. The Morgan fingerprint density at radius 1 is 1.04 bits per heavy atom. The zero-order valence-electron chi connectivity index (χ0n) is 13.4. The van der Waals surface area contributed by atoms with E-state index in [-0.39, 0.29) is 18.3 Å². The lowest BCUT2D eigenvalue weighted by Crippen LogP contribution is -2.21.